The lowest BCUT2D eigenvalue weighted by Gasteiger charge is -2.20. The molecular formula is C18H30N2O4S. The second kappa shape index (κ2) is 10.4. The number of nitrogens with one attached hydrogen (secondary N) is 2. The summed E-state index contributed by atoms with van der Waals surface area (Å²) in [7, 11) is -2.26. The van der Waals surface area contributed by atoms with Crippen LogP contribution in [-0.4, -0.2) is 34.0 Å². The Hall–Kier alpha value is -1.60. The number of ether oxygens (including phenoxy) is 1. The maximum absolute atomic E-state index is 12.6. The molecule has 2 N–H and O–H groups in total. The number of rotatable bonds is 11. The average molecular weight is 371 g/mol. The molecule has 6 nitrogen and oxygen atoms in total. The SMILES string of the molecule is CCCCCNC(=O)[C@H](CC(C)C)NS(=O)(=O)c1ccc(OC)cc1. The molecule has 7 heteroatoms. The monoisotopic (exact) mass is 370 g/mol. The average Bonchev–Trinajstić information content (AvgIpc) is 2.57. The third-order valence-corrected chi connectivity index (χ3v) is 5.26. The molecule has 1 aromatic carbocycles. The molecule has 0 fully saturated rings. The smallest absolute Gasteiger partial charge is 0.241 e. The number of carbonyl (C=O) groups is 1. The molecule has 0 aromatic heterocycles. The van der Waals surface area contributed by atoms with Crippen LogP contribution in [-0.2, 0) is 14.8 Å². The summed E-state index contributed by atoms with van der Waals surface area (Å²) in [6.45, 7) is 6.57. The van der Waals surface area contributed by atoms with Crippen molar-refractivity contribution in [1.29, 1.82) is 0 Å². The fourth-order valence-electron chi connectivity index (χ4n) is 2.40. The summed E-state index contributed by atoms with van der Waals surface area (Å²) in [6.07, 6.45) is 3.43. The predicted molar refractivity (Wildman–Crippen MR) is 99.1 cm³/mol. The molecule has 1 rings (SSSR count). The largest absolute Gasteiger partial charge is 0.497 e. The minimum Gasteiger partial charge on any atom is -0.497 e. The van der Waals surface area contributed by atoms with Gasteiger partial charge in [0.05, 0.1) is 12.0 Å². The zero-order valence-electron chi connectivity index (χ0n) is 15.5. The van der Waals surface area contributed by atoms with Crippen molar-refractivity contribution in [3.8, 4) is 5.75 Å². The lowest BCUT2D eigenvalue weighted by molar-refractivity contribution is -0.123. The van der Waals surface area contributed by atoms with E-state index in [1.165, 1.54) is 19.2 Å². The molecule has 0 bridgehead atoms. The second-order valence-electron chi connectivity index (χ2n) is 6.48. The van der Waals surface area contributed by atoms with Gasteiger partial charge >= 0.3 is 0 Å². The van der Waals surface area contributed by atoms with Crippen LogP contribution >= 0.6 is 0 Å². The number of hydrogen-bond donors (Lipinski definition) is 2. The van der Waals surface area contributed by atoms with Gasteiger partial charge in [-0.15, -0.1) is 0 Å². The highest BCUT2D eigenvalue weighted by Gasteiger charge is 2.26. The Morgan fingerprint density at radius 3 is 2.32 bits per heavy atom. The fraction of sp³-hybridized carbons (Fsp3) is 0.611. The Morgan fingerprint density at radius 1 is 1.16 bits per heavy atom. The minimum atomic E-state index is -3.78. The van der Waals surface area contributed by atoms with Gasteiger partial charge in [-0.2, -0.15) is 4.72 Å². The molecule has 0 spiro atoms. The van der Waals surface area contributed by atoms with Crippen molar-refractivity contribution in [2.75, 3.05) is 13.7 Å². The Balaban J connectivity index is 2.82. The standard InChI is InChI=1S/C18H30N2O4S/c1-5-6-7-12-19-18(21)17(13-14(2)3)20-25(22,23)16-10-8-15(24-4)9-11-16/h8-11,14,17,20H,5-7,12-13H2,1-4H3,(H,19,21)/t17-/m0/s1. The van der Waals surface area contributed by atoms with Crippen LogP contribution in [0.4, 0.5) is 0 Å². The molecule has 25 heavy (non-hydrogen) atoms. The van der Waals surface area contributed by atoms with Crippen molar-refractivity contribution in [3.63, 3.8) is 0 Å². The van der Waals surface area contributed by atoms with Crippen molar-refractivity contribution in [3.05, 3.63) is 24.3 Å². The van der Waals surface area contributed by atoms with Crippen LogP contribution in [0.3, 0.4) is 0 Å². The van der Waals surface area contributed by atoms with Gasteiger partial charge in [0.1, 0.15) is 11.8 Å². The molecular weight excluding hydrogens is 340 g/mol. The van der Waals surface area contributed by atoms with E-state index in [0.29, 0.717) is 18.7 Å². The summed E-state index contributed by atoms with van der Waals surface area (Å²) in [5.41, 5.74) is 0. The van der Waals surface area contributed by atoms with Crippen molar-refractivity contribution in [2.24, 2.45) is 5.92 Å². The van der Waals surface area contributed by atoms with E-state index in [1.807, 2.05) is 13.8 Å². The summed E-state index contributed by atoms with van der Waals surface area (Å²) >= 11 is 0. The van der Waals surface area contributed by atoms with Gasteiger partial charge in [0, 0.05) is 6.54 Å². The minimum absolute atomic E-state index is 0.112. The van der Waals surface area contributed by atoms with Crippen molar-refractivity contribution >= 4 is 15.9 Å². The quantitative estimate of drug-likeness (QED) is 0.587. The van der Waals surface area contributed by atoms with E-state index in [-0.39, 0.29) is 16.7 Å². The van der Waals surface area contributed by atoms with Crippen LogP contribution in [0.15, 0.2) is 29.2 Å². The lowest BCUT2D eigenvalue weighted by Crippen LogP contribution is -2.47. The van der Waals surface area contributed by atoms with Gasteiger partial charge in [-0.3, -0.25) is 4.79 Å². The molecule has 0 radical (unpaired) electrons. The Labute approximate surface area is 151 Å². The number of methoxy groups -OCH3 is 1. The highest BCUT2D eigenvalue weighted by atomic mass is 32.2. The molecule has 1 amide bonds. The van der Waals surface area contributed by atoms with Crippen LogP contribution in [0, 0.1) is 5.92 Å². The number of hydrogen-bond acceptors (Lipinski definition) is 4. The Morgan fingerprint density at radius 2 is 1.80 bits per heavy atom. The predicted octanol–water partition coefficient (Wildman–Crippen LogP) is 2.69. The van der Waals surface area contributed by atoms with E-state index in [4.69, 9.17) is 4.74 Å². The highest BCUT2D eigenvalue weighted by Crippen LogP contribution is 2.17. The molecule has 1 atom stereocenters. The molecule has 0 saturated heterocycles. The molecule has 0 saturated carbocycles. The lowest BCUT2D eigenvalue weighted by atomic mass is 10.0. The van der Waals surface area contributed by atoms with Gasteiger partial charge < -0.3 is 10.1 Å². The van der Waals surface area contributed by atoms with E-state index in [9.17, 15) is 13.2 Å². The first-order valence-electron chi connectivity index (χ1n) is 8.74. The van der Waals surface area contributed by atoms with E-state index in [1.54, 1.807) is 12.1 Å². The van der Waals surface area contributed by atoms with Crippen LogP contribution in [0.1, 0.15) is 46.5 Å². The van der Waals surface area contributed by atoms with Crippen LogP contribution in [0.25, 0.3) is 0 Å². The van der Waals surface area contributed by atoms with Crippen LogP contribution < -0.4 is 14.8 Å². The molecule has 0 unspecified atom stereocenters. The van der Waals surface area contributed by atoms with Gasteiger partial charge in [-0.25, -0.2) is 8.42 Å². The molecule has 0 aliphatic rings. The van der Waals surface area contributed by atoms with Gasteiger partial charge in [-0.05, 0) is 43.0 Å². The van der Waals surface area contributed by atoms with E-state index in [0.717, 1.165) is 19.3 Å². The zero-order valence-corrected chi connectivity index (χ0v) is 16.4. The number of unbranched alkanes of at least 4 members (excludes halogenated alkanes) is 2. The molecule has 0 aliphatic carbocycles. The van der Waals surface area contributed by atoms with Gasteiger partial charge in [0.2, 0.25) is 15.9 Å². The highest BCUT2D eigenvalue weighted by molar-refractivity contribution is 7.89. The number of benzene rings is 1. The molecule has 0 aliphatic heterocycles. The first-order chi connectivity index (χ1) is 11.8. The van der Waals surface area contributed by atoms with Crippen LogP contribution in [0.5, 0.6) is 5.75 Å². The third kappa shape index (κ3) is 7.44. The summed E-state index contributed by atoms with van der Waals surface area (Å²) in [6, 6.07) is 5.31. The first-order valence-corrected chi connectivity index (χ1v) is 10.2. The fourth-order valence-corrected chi connectivity index (χ4v) is 3.61. The van der Waals surface area contributed by atoms with E-state index < -0.39 is 16.1 Å². The third-order valence-electron chi connectivity index (χ3n) is 3.77. The maximum Gasteiger partial charge on any atom is 0.241 e. The molecule has 142 valence electrons. The number of amides is 1. The second-order valence-corrected chi connectivity index (χ2v) is 8.19. The van der Waals surface area contributed by atoms with Crippen molar-refractivity contribution in [2.45, 2.75) is 57.4 Å². The zero-order chi connectivity index (χ0) is 18.9. The van der Waals surface area contributed by atoms with Crippen molar-refractivity contribution in [1.82, 2.24) is 10.0 Å². The normalized spacial score (nSPS) is 12.8. The Bertz CT molecular complexity index is 627. The van der Waals surface area contributed by atoms with Crippen LogP contribution in [0.2, 0.25) is 0 Å². The maximum atomic E-state index is 12.6. The molecule has 1 aromatic rings. The van der Waals surface area contributed by atoms with Gasteiger partial charge in [0.25, 0.3) is 0 Å². The summed E-state index contributed by atoms with van der Waals surface area (Å²) in [5, 5.41) is 2.83. The first kappa shape index (κ1) is 21.4. The number of carbonyl (C=O) groups excluding carboxylic acids is 1. The topological polar surface area (TPSA) is 84.5 Å². The summed E-state index contributed by atoms with van der Waals surface area (Å²) in [4.78, 5) is 12.5. The Kier molecular flexibility index (Phi) is 8.92. The summed E-state index contributed by atoms with van der Waals surface area (Å²) in [5.74, 6) is 0.484. The molecule has 0 heterocycles. The number of sulfonamides is 1. The van der Waals surface area contributed by atoms with E-state index >= 15 is 0 Å². The summed E-state index contributed by atoms with van der Waals surface area (Å²) < 4.78 is 32.7. The van der Waals surface area contributed by atoms with Gasteiger partial charge in [0.15, 0.2) is 0 Å². The van der Waals surface area contributed by atoms with Crippen molar-refractivity contribution < 1.29 is 17.9 Å². The van der Waals surface area contributed by atoms with E-state index in [2.05, 4.69) is 17.0 Å². The van der Waals surface area contributed by atoms with Gasteiger partial charge in [-0.1, -0.05) is 33.6 Å².